The maximum absolute atomic E-state index is 15.1. The van der Waals surface area contributed by atoms with E-state index in [9.17, 15) is 14.7 Å². The first-order valence-electron chi connectivity index (χ1n) is 13.6. The van der Waals surface area contributed by atoms with E-state index in [1.165, 1.54) is 44.2 Å². The number of nitrogens with one attached hydrogen (secondary N) is 2. The van der Waals surface area contributed by atoms with E-state index in [1.807, 2.05) is 6.92 Å². The summed E-state index contributed by atoms with van der Waals surface area (Å²) in [5, 5.41) is 26.1. The number of nitrogens with two attached hydrogens (primary N) is 1. The molecule has 3 rings (SSSR count). The molecule has 1 aromatic carbocycles. The lowest BCUT2D eigenvalue weighted by atomic mass is 9.74. The number of likely N-dealkylation sites (tertiary alicyclic amines) is 1. The topological polar surface area (TPSA) is 128 Å². The SMILES string of the molecule is C[C@@H](N)C(CC1CCCCC1)NC(=O)N1CCCC(C(O)(CCCNC(=O)O)c2cccc(Cl)c2F)C1. The number of rotatable bonds is 10. The number of aliphatic hydroxyl groups is 1. The van der Waals surface area contributed by atoms with Gasteiger partial charge < -0.3 is 31.5 Å². The second-order valence-electron chi connectivity index (χ2n) is 10.8. The Morgan fingerprint density at radius 1 is 1.24 bits per heavy atom. The van der Waals surface area contributed by atoms with Gasteiger partial charge in [-0.05, 0) is 51.0 Å². The highest BCUT2D eigenvalue weighted by Crippen LogP contribution is 2.41. The molecule has 208 valence electrons. The van der Waals surface area contributed by atoms with Crippen LogP contribution in [0.1, 0.15) is 76.7 Å². The number of benzene rings is 1. The number of halogens is 2. The van der Waals surface area contributed by atoms with Gasteiger partial charge in [-0.3, -0.25) is 0 Å². The molecule has 0 spiro atoms. The average Bonchev–Trinajstić information content (AvgIpc) is 2.88. The van der Waals surface area contributed by atoms with Crippen molar-refractivity contribution in [2.24, 2.45) is 17.6 Å². The summed E-state index contributed by atoms with van der Waals surface area (Å²) in [6, 6.07) is 3.99. The van der Waals surface area contributed by atoms with Crippen molar-refractivity contribution in [3.63, 3.8) is 0 Å². The third-order valence-electron chi connectivity index (χ3n) is 8.07. The van der Waals surface area contributed by atoms with Gasteiger partial charge in [0.25, 0.3) is 0 Å². The van der Waals surface area contributed by atoms with E-state index in [0.29, 0.717) is 31.7 Å². The van der Waals surface area contributed by atoms with Crippen LogP contribution in [0, 0.1) is 17.7 Å². The number of hydrogen-bond donors (Lipinski definition) is 5. The van der Waals surface area contributed by atoms with Gasteiger partial charge in [0.15, 0.2) is 0 Å². The Labute approximate surface area is 224 Å². The van der Waals surface area contributed by atoms with Crippen LogP contribution in [0.3, 0.4) is 0 Å². The molecule has 2 aliphatic rings. The minimum absolute atomic E-state index is 0.0772. The highest BCUT2D eigenvalue weighted by atomic mass is 35.5. The molecule has 1 saturated heterocycles. The number of amides is 3. The molecule has 1 aliphatic heterocycles. The van der Waals surface area contributed by atoms with Crippen LogP contribution in [0.5, 0.6) is 0 Å². The van der Waals surface area contributed by atoms with Crippen molar-refractivity contribution in [2.75, 3.05) is 19.6 Å². The van der Waals surface area contributed by atoms with Crippen LogP contribution in [-0.2, 0) is 5.60 Å². The predicted octanol–water partition coefficient (Wildman–Crippen LogP) is 4.82. The van der Waals surface area contributed by atoms with E-state index in [4.69, 9.17) is 22.4 Å². The first kappa shape index (κ1) is 29.5. The van der Waals surface area contributed by atoms with E-state index in [-0.39, 0.29) is 48.2 Å². The van der Waals surface area contributed by atoms with Gasteiger partial charge >= 0.3 is 12.1 Å². The monoisotopic (exact) mass is 540 g/mol. The second-order valence-corrected chi connectivity index (χ2v) is 11.2. The molecule has 6 N–H and O–H groups in total. The fourth-order valence-electron chi connectivity index (χ4n) is 5.94. The normalized spacial score (nSPS) is 22.1. The Kier molecular flexibility index (Phi) is 10.8. The Hall–Kier alpha value is -2.10. The lowest BCUT2D eigenvalue weighted by Gasteiger charge is -2.43. The molecule has 0 radical (unpaired) electrons. The summed E-state index contributed by atoms with van der Waals surface area (Å²) in [6.45, 7) is 2.81. The Morgan fingerprint density at radius 2 is 1.97 bits per heavy atom. The maximum Gasteiger partial charge on any atom is 0.404 e. The minimum Gasteiger partial charge on any atom is -0.465 e. The number of carbonyl (C=O) groups excluding carboxylic acids is 1. The third kappa shape index (κ3) is 7.94. The molecule has 37 heavy (non-hydrogen) atoms. The zero-order chi connectivity index (χ0) is 27.0. The largest absolute Gasteiger partial charge is 0.465 e. The van der Waals surface area contributed by atoms with Crippen LogP contribution in [-0.4, -0.2) is 59.0 Å². The van der Waals surface area contributed by atoms with Gasteiger partial charge in [-0.2, -0.15) is 0 Å². The van der Waals surface area contributed by atoms with Gasteiger partial charge in [-0.25, -0.2) is 14.0 Å². The standard InChI is InChI=1S/C27H42ClFN4O4/c1-18(30)23(16-19-8-3-2-4-9-19)32-25(34)33-15-6-10-20(17-33)27(37,13-7-14-31-26(35)36)21-11-5-12-22(28)24(21)29/h5,11-12,18-20,23,31,37H,2-4,6-10,13-17,30H2,1H3,(H,32,34)(H,35,36)/t18-,20?,23?,27?/m1/s1. The van der Waals surface area contributed by atoms with Crippen molar-refractivity contribution in [1.82, 2.24) is 15.5 Å². The molecular weight excluding hydrogens is 499 g/mol. The molecule has 8 nitrogen and oxygen atoms in total. The van der Waals surface area contributed by atoms with Gasteiger partial charge in [0, 0.05) is 43.2 Å². The molecule has 1 heterocycles. The van der Waals surface area contributed by atoms with Crippen molar-refractivity contribution in [1.29, 1.82) is 0 Å². The van der Waals surface area contributed by atoms with E-state index in [0.717, 1.165) is 6.42 Å². The molecule has 1 aliphatic carbocycles. The van der Waals surface area contributed by atoms with Crippen LogP contribution < -0.4 is 16.4 Å². The lowest BCUT2D eigenvalue weighted by Crippen LogP contribution is -2.55. The molecule has 3 unspecified atom stereocenters. The van der Waals surface area contributed by atoms with E-state index < -0.39 is 23.4 Å². The number of hydrogen-bond acceptors (Lipinski definition) is 4. The quantitative estimate of drug-likeness (QED) is 0.272. The van der Waals surface area contributed by atoms with Crippen molar-refractivity contribution in [3.8, 4) is 0 Å². The molecule has 1 saturated carbocycles. The summed E-state index contributed by atoms with van der Waals surface area (Å²) >= 11 is 6.05. The van der Waals surface area contributed by atoms with Crippen molar-refractivity contribution < 1.29 is 24.2 Å². The van der Waals surface area contributed by atoms with Crippen molar-refractivity contribution in [2.45, 2.75) is 88.8 Å². The molecule has 10 heteroatoms. The van der Waals surface area contributed by atoms with Crippen LogP contribution in [0.25, 0.3) is 0 Å². The second kappa shape index (κ2) is 13.6. The first-order valence-corrected chi connectivity index (χ1v) is 13.9. The van der Waals surface area contributed by atoms with Crippen LogP contribution >= 0.6 is 11.6 Å². The molecule has 0 bridgehead atoms. The zero-order valence-electron chi connectivity index (χ0n) is 21.7. The van der Waals surface area contributed by atoms with Gasteiger partial charge in [0.05, 0.1) is 10.6 Å². The number of piperidine rings is 1. The van der Waals surface area contributed by atoms with E-state index in [1.54, 1.807) is 11.0 Å². The highest BCUT2D eigenvalue weighted by molar-refractivity contribution is 6.30. The van der Waals surface area contributed by atoms with Crippen LogP contribution in [0.2, 0.25) is 5.02 Å². The number of urea groups is 1. The van der Waals surface area contributed by atoms with E-state index in [2.05, 4.69) is 10.6 Å². The Bertz CT molecular complexity index is 914. The van der Waals surface area contributed by atoms with Gasteiger partial charge in [-0.1, -0.05) is 55.8 Å². The minimum atomic E-state index is -1.61. The number of nitrogens with zero attached hydrogens (tertiary/aromatic N) is 1. The molecule has 2 fully saturated rings. The summed E-state index contributed by atoms with van der Waals surface area (Å²) in [4.78, 5) is 25.9. The number of carboxylic acid groups (broad SMARTS) is 1. The van der Waals surface area contributed by atoms with Gasteiger partial charge in [0.1, 0.15) is 5.82 Å². The maximum atomic E-state index is 15.1. The fourth-order valence-corrected chi connectivity index (χ4v) is 6.11. The zero-order valence-corrected chi connectivity index (χ0v) is 22.5. The smallest absolute Gasteiger partial charge is 0.404 e. The highest BCUT2D eigenvalue weighted by Gasteiger charge is 2.43. The molecule has 0 aromatic heterocycles. The summed E-state index contributed by atoms with van der Waals surface area (Å²) in [5.74, 6) is -0.574. The Balaban J connectivity index is 1.74. The Morgan fingerprint density at radius 3 is 2.65 bits per heavy atom. The van der Waals surface area contributed by atoms with Crippen LogP contribution in [0.4, 0.5) is 14.0 Å². The average molecular weight is 541 g/mol. The third-order valence-corrected chi connectivity index (χ3v) is 8.36. The van der Waals surface area contributed by atoms with Crippen molar-refractivity contribution >= 4 is 23.7 Å². The molecule has 1 aromatic rings. The summed E-state index contributed by atoms with van der Waals surface area (Å²) in [7, 11) is 0. The fraction of sp³-hybridized carbons (Fsp3) is 0.704. The first-order chi connectivity index (χ1) is 17.6. The summed E-state index contributed by atoms with van der Waals surface area (Å²) in [5.41, 5.74) is 4.71. The molecular formula is C27H42ClFN4O4. The van der Waals surface area contributed by atoms with Gasteiger partial charge in [0.2, 0.25) is 0 Å². The predicted molar refractivity (Wildman–Crippen MR) is 142 cm³/mol. The van der Waals surface area contributed by atoms with Gasteiger partial charge in [-0.15, -0.1) is 0 Å². The molecule has 3 amide bonds. The molecule has 4 atom stereocenters. The van der Waals surface area contributed by atoms with Crippen molar-refractivity contribution in [3.05, 3.63) is 34.6 Å². The number of carbonyl (C=O) groups is 2. The summed E-state index contributed by atoms with van der Waals surface area (Å²) in [6.07, 6.45) is 7.41. The lowest BCUT2D eigenvalue weighted by molar-refractivity contribution is -0.0576. The van der Waals surface area contributed by atoms with Crippen LogP contribution in [0.15, 0.2) is 18.2 Å². The summed E-state index contributed by atoms with van der Waals surface area (Å²) < 4.78 is 15.1. The van der Waals surface area contributed by atoms with E-state index >= 15 is 4.39 Å².